The van der Waals surface area contributed by atoms with Crippen LogP contribution in [0.3, 0.4) is 0 Å². The van der Waals surface area contributed by atoms with Crippen LogP contribution in [0.5, 0.6) is 0 Å². The first-order chi connectivity index (χ1) is 8.46. The Hall–Kier alpha value is -1.56. The number of anilines is 3. The lowest BCUT2D eigenvalue weighted by Crippen LogP contribution is -2.32. The molecule has 0 fully saturated rings. The maximum atomic E-state index is 9.00. The summed E-state index contributed by atoms with van der Waals surface area (Å²) in [5.74, 6) is 1.62. The van der Waals surface area contributed by atoms with Crippen LogP contribution in [-0.4, -0.2) is 33.8 Å². The molecule has 0 aromatic carbocycles. The Labute approximate surface area is 108 Å². The smallest absolute Gasteiger partial charge is 0.223 e. The molecule has 0 spiro atoms. The fourth-order valence-corrected chi connectivity index (χ4v) is 1.56. The number of nitrogen functional groups attached to an aromatic ring is 1. The monoisotopic (exact) mass is 253 g/mol. The SMILES string of the molecule is CCCNc1cc(NC(C)(C)CCO)nc(N)n1. The zero-order chi connectivity index (χ0) is 13.6. The van der Waals surface area contributed by atoms with Gasteiger partial charge >= 0.3 is 0 Å². The predicted molar refractivity (Wildman–Crippen MR) is 74.6 cm³/mol. The van der Waals surface area contributed by atoms with Crippen LogP contribution in [-0.2, 0) is 0 Å². The van der Waals surface area contributed by atoms with Gasteiger partial charge in [-0.2, -0.15) is 9.97 Å². The van der Waals surface area contributed by atoms with Gasteiger partial charge in [0.05, 0.1) is 0 Å². The van der Waals surface area contributed by atoms with Gasteiger partial charge < -0.3 is 21.5 Å². The second kappa shape index (κ2) is 6.39. The molecule has 0 atom stereocenters. The van der Waals surface area contributed by atoms with Crippen LogP contribution in [0.2, 0.25) is 0 Å². The molecule has 1 aromatic rings. The molecule has 0 bridgehead atoms. The summed E-state index contributed by atoms with van der Waals surface area (Å²) in [5, 5.41) is 15.4. The fourth-order valence-electron chi connectivity index (χ4n) is 1.56. The van der Waals surface area contributed by atoms with Crippen LogP contribution in [0.15, 0.2) is 6.07 Å². The number of hydrogen-bond acceptors (Lipinski definition) is 6. The lowest BCUT2D eigenvalue weighted by molar-refractivity contribution is 0.260. The minimum absolute atomic E-state index is 0.126. The van der Waals surface area contributed by atoms with Crippen LogP contribution in [0.25, 0.3) is 0 Å². The van der Waals surface area contributed by atoms with E-state index in [0.29, 0.717) is 18.1 Å². The van der Waals surface area contributed by atoms with E-state index in [9.17, 15) is 0 Å². The molecule has 1 heterocycles. The highest BCUT2D eigenvalue weighted by atomic mass is 16.3. The van der Waals surface area contributed by atoms with Gasteiger partial charge in [0.2, 0.25) is 5.95 Å². The summed E-state index contributed by atoms with van der Waals surface area (Å²) in [5.41, 5.74) is 5.43. The Morgan fingerprint density at radius 2 is 2.00 bits per heavy atom. The van der Waals surface area contributed by atoms with Gasteiger partial charge in [-0.3, -0.25) is 0 Å². The molecule has 102 valence electrons. The van der Waals surface area contributed by atoms with Crippen LogP contribution in [0.4, 0.5) is 17.6 Å². The van der Waals surface area contributed by atoms with Gasteiger partial charge in [-0.25, -0.2) is 0 Å². The summed E-state index contributed by atoms with van der Waals surface area (Å²) in [7, 11) is 0. The molecule has 0 saturated heterocycles. The van der Waals surface area contributed by atoms with Gasteiger partial charge in [0.15, 0.2) is 0 Å². The van der Waals surface area contributed by atoms with Gasteiger partial charge in [0.1, 0.15) is 11.6 Å². The molecule has 6 nitrogen and oxygen atoms in total. The van der Waals surface area contributed by atoms with Crippen LogP contribution in [0, 0.1) is 0 Å². The molecule has 0 aliphatic rings. The second-order valence-electron chi connectivity index (χ2n) is 4.91. The van der Waals surface area contributed by atoms with E-state index in [2.05, 4.69) is 27.5 Å². The number of aliphatic hydroxyl groups excluding tert-OH is 1. The topological polar surface area (TPSA) is 96.1 Å². The van der Waals surface area contributed by atoms with Gasteiger partial charge in [-0.1, -0.05) is 6.92 Å². The Balaban J connectivity index is 2.79. The highest BCUT2D eigenvalue weighted by Crippen LogP contribution is 2.19. The third-order valence-corrected chi connectivity index (χ3v) is 2.50. The molecule has 6 heteroatoms. The minimum atomic E-state index is -0.239. The van der Waals surface area contributed by atoms with Crippen molar-refractivity contribution in [1.82, 2.24) is 9.97 Å². The zero-order valence-corrected chi connectivity index (χ0v) is 11.3. The standard InChI is InChI=1S/C12H23N5O/c1-4-6-14-9-8-10(16-11(13)15-9)17-12(2,3)5-7-18/h8,18H,4-7H2,1-3H3,(H4,13,14,15,16,17). The Morgan fingerprint density at radius 3 is 2.61 bits per heavy atom. The first-order valence-corrected chi connectivity index (χ1v) is 6.24. The van der Waals surface area contributed by atoms with Gasteiger partial charge in [-0.15, -0.1) is 0 Å². The number of nitrogens with zero attached hydrogens (tertiary/aromatic N) is 2. The van der Waals surface area contributed by atoms with E-state index in [1.807, 2.05) is 19.9 Å². The number of rotatable bonds is 7. The first-order valence-electron chi connectivity index (χ1n) is 6.24. The normalized spacial score (nSPS) is 11.3. The number of nitrogens with one attached hydrogen (secondary N) is 2. The molecule has 0 radical (unpaired) electrons. The molecule has 0 saturated carbocycles. The summed E-state index contributed by atoms with van der Waals surface area (Å²) in [6.07, 6.45) is 1.65. The largest absolute Gasteiger partial charge is 0.396 e. The second-order valence-corrected chi connectivity index (χ2v) is 4.91. The van der Waals surface area contributed by atoms with E-state index in [-0.39, 0.29) is 18.1 Å². The first kappa shape index (κ1) is 14.5. The van der Waals surface area contributed by atoms with E-state index in [1.165, 1.54) is 0 Å². The highest BCUT2D eigenvalue weighted by molar-refractivity contribution is 5.52. The lowest BCUT2D eigenvalue weighted by Gasteiger charge is -2.26. The molecule has 1 rings (SSSR count). The highest BCUT2D eigenvalue weighted by Gasteiger charge is 2.17. The molecule has 0 aliphatic carbocycles. The van der Waals surface area contributed by atoms with Crippen molar-refractivity contribution in [2.45, 2.75) is 39.2 Å². The van der Waals surface area contributed by atoms with Crippen molar-refractivity contribution in [2.75, 3.05) is 29.5 Å². The van der Waals surface area contributed by atoms with Gasteiger partial charge in [0.25, 0.3) is 0 Å². The summed E-state index contributed by atoms with van der Waals surface area (Å²) in [6, 6.07) is 1.82. The average molecular weight is 253 g/mol. The maximum absolute atomic E-state index is 9.00. The van der Waals surface area contributed by atoms with Crippen molar-refractivity contribution in [1.29, 1.82) is 0 Å². The summed E-state index contributed by atoms with van der Waals surface area (Å²) < 4.78 is 0. The predicted octanol–water partition coefficient (Wildman–Crippen LogP) is 1.45. The van der Waals surface area contributed by atoms with Crippen LogP contribution in [0.1, 0.15) is 33.6 Å². The van der Waals surface area contributed by atoms with Crippen molar-refractivity contribution < 1.29 is 5.11 Å². The minimum Gasteiger partial charge on any atom is -0.396 e. The van der Waals surface area contributed by atoms with E-state index < -0.39 is 0 Å². The zero-order valence-electron chi connectivity index (χ0n) is 11.3. The van der Waals surface area contributed by atoms with Crippen molar-refractivity contribution in [2.24, 2.45) is 0 Å². The van der Waals surface area contributed by atoms with Crippen molar-refractivity contribution >= 4 is 17.6 Å². The molecule has 1 aromatic heterocycles. The summed E-state index contributed by atoms with van der Waals surface area (Å²) in [4.78, 5) is 8.26. The van der Waals surface area contributed by atoms with Crippen molar-refractivity contribution in [3.05, 3.63) is 6.07 Å². The molecular weight excluding hydrogens is 230 g/mol. The number of hydrogen-bond donors (Lipinski definition) is 4. The van der Waals surface area contributed by atoms with Gasteiger partial charge in [0, 0.05) is 24.8 Å². The molecule has 0 amide bonds. The van der Waals surface area contributed by atoms with Gasteiger partial charge in [-0.05, 0) is 26.7 Å². The Bertz CT molecular complexity index is 381. The molecule has 5 N–H and O–H groups in total. The van der Waals surface area contributed by atoms with Crippen LogP contribution < -0.4 is 16.4 Å². The van der Waals surface area contributed by atoms with E-state index in [1.54, 1.807) is 0 Å². The third-order valence-electron chi connectivity index (χ3n) is 2.50. The Morgan fingerprint density at radius 1 is 1.33 bits per heavy atom. The quantitative estimate of drug-likeness (QED) is 0.587. The van der Waals surface area contributed by atoms with E-state index >= 15 is 0 Å². The average Bonchev–Trinajstić information content (AvgIpc) is 2.24. The Kier molecular flexibility index (Phi) is 5.15. The molecule has 0 unspecified atom stereocenters. The van der Waals surface area contributed by atoms with Crippen molar-refractivity contribution in [3.63, 3.8) is 0 Å². The molecular formula is C12H23N5O. The molecule has 0 aliphatic heterocycles. The summed E-state index contributed by atoms with van der Waals surface area (Å²) >= 11 is 0. The van der Waals surface area contributed by atoms with E-state index in [0.717, 1.165) is 13.0 Å². The van der Waals surface area contributed by atoms with E-state index in [4.69, 9.17) is 10.8 Å². The third kappa shape index (κ3) is 4.75. The number of aromatic nitrogens is 2. The number of nitrogens with two attached hydrogens (primary N) is 1. The van der Waals surface area contributed by atoms with Crippen molar-refractivity contribution in [3.8, 4) is 0 Å². The summed E-state index contributed by atoms with van der Waals surface area (Å²) in [6.45, 7) is 7.06. The maximum Gasteiger partial charge on any atom is 0.223 e. The lowest BCUT2D eigenvalue weighted by atomic mass is 10.0. The molecule has 18 heavy (non-hydrogen) atoms. The number of aliphatic hydroxyl groups is 1. The van der Waals surface area contributed by atoms with Crippen LogP contribution >= 0.6 is 0 Å². The fraction of sp³-hybridized carbons (Fsp3) is 0.667.